The van der Waals surface area contributed by atoms with Crippen molar-refractivity contribution in [1.29, 1.82) is 0 Å². The molecule has 0 heterocycles. The predicted octanol–water partition coefficient (Wildman–Crippen LogP) is 3.85. The Morgan fingerprint density at radius 1 is 0.545 bits per heavy atom. The number of hydrogen-bond donors (Lipinski definition) is 0. The van der Waals surface area contributed by atoms with Crippen LogP contribution in [-0.4, -0.2) is 7.11 Å². The molecule has 0 aliphatic heterocycles. The summed E-state index contributed by atoms with van der Waals surface area (Å²) in [7, 11) is -0.565. The molecule has 0 N–H and O–H groups in total. The molecule has 0 aliphatic carbocycles. The van der Waals surface area contributed by atoms with Gasteiger partial charge in [0.25, 0.3) is 0 Å². The molecule has 22 heavy (non-hydrogen) atoms. The summed E-state index contributed by atoms with van der Waals surface area (Å²) in [6.07, 6.45) is 0. The molecule has 114 valence electrons. The van der Waals surface area contributed by atoms with Gasteiger partial charge in [0.1, 0.15) is 0 Å². The van der Waals surface area contributed by atoms with Crippen LogP contribution in [0, 0.1) is 0 Å². The van der Waals surface area contributed by atoms with E-state index in [9.17, 15) is 0 Å². The second-order valence-corrected chi connectivity index (χ2v) is 8.49. The monoisotopic (exact) mass is 374 g/mol. The molecule has 0 aliphatic rings. The van der Waals surface area contributed by atoms with E-state index < -0.39 is 7.49 Å². The Balaban J connectivity index is 0.00000176. The Hall–Kier alpha value is -1.47. The molecule has 0 aromatic heterocycles. The molecule has 0 radical (unpaired) electrons. The van der Waals surface area contributed by atoms with Crippen LogP contribution in [0.1, 0.15) is 0 Å². The maximum absolute atomic E-state index is 6.24. The second-order valence-electron chi connectivity index (χ2n) is 4.98. The Labute approximate surface area is 143 Å². The van der Waals surface area contributed by atoms with Crippen LogP contribution in [0.5, 0.6) is 0 Å². The summed E-state index contributed by atoms with van der Waals surface area (Å²) in [6.45, 7) is 0. The fourth-order valence-corrected chi connectivity index (χ4v) is 6.56. The molecule has 1 nitrogen and oxygen atoms in total. The molecule has 0 atom stereocenters. The van der Waals surface area contributed by atoms with E-state index in [2.05, 4.69) is 72.8 Å². The molecule has 3 aromatic carbocycles. The Morgan fingerprint density at radius 2 is 0.818 bits per heavy atom. The number of halogens is 1. The van der Waals surface area contributed by atoms with Crippen LogP contribution in [0.25, 0.3) is 0 Å². The van der Waals surface area contributed by atoms with E-state index >= 15 is 0 Å². The first-order valence-electron chi connectivity index (χ1n) is 7.09. The summed E-state index contributed by atoms with van der Waals surface area (Å²) >= 11 is 0. The molecule has 0 bridgehead atoms. The van der Waals surface area contributed by atoms with E-state index in [1.54, 1.807) is 0 Å². The van der Waals surface area contributed by atoms with Gasteiger partial charge >= 0.3 is 126 Å². The van der Waals surface area contributed by atoms with Crippen molar-refractivity contribution in [3.05, 3.63) is 91.0 Å². The van der Waals surface area contributed by atoms with Crippen LogP contribution in [-0.2, 0) is 4.52 Å². The molecule has 0 fully saturated rings. The van der Waals surface area contributed by atoms with Gasteiger partial charge in [0, 0.05) is 0 Å². The summed E-state index contributed by atoms with van der Waals surface area (Å²) in [5.74, 6) is 0. The topological polar surface area (TPSA) is 9.23 Å². The molecule has 0 unspecified atom stereocenters. The number of rotatable bonds is 4. The third kappa shape index (κ3) is 3.01. The first kappa shape index (κ1) is 16.9. The zero-order chi connectivity index (χ0) is 14.5. The van der Waals surface area contributed by atoms with Crippen molar-refractivity contribution in [2.24, 2.45) is 0 Å². The molecule has 0 spiro atoms. The van der Waals surface area contributed by atoms with E-state index in [0.717, 1.165) is 0 Å². The van der Waals surface area contributed by atoms with Crippen molar-refractivity contribution in [2.45, 2.75) is 0 Å². The quantitative estimate of drug-likeness (QED) is 0.630. The second kappa shape index (κ2) is 7.69. The van der Waals surface area contributed by atoms with Gasteiger partial charge in [-0.1, -0.05) is 0 Å². The van der Waals surface area contributed by atoms with Gasteiger partial charge in [0.05, 0.1) is 0 Å². The standard InChI is InChI=1S/C19H19OP.BrH/c1-20-21(17-11-5-2-6-12-17,18-13-7-3-8-14-18)19-15-9-4-10-16-19;/h2-16,21H,1H3;1H. The van der Waals surface area contributed by atoms with E-state index in [0.29, 0.717) is 0 Å². The van der Waals surface area contributed by atoms with Gasteiger partial charge < -0.3 is 0 Å². The normalized spacial score (nSPS) is 11.5. The van der Waals surface area contributed by atoms with Gasteiger partial charge in [-0.05, 0) is 0 Å². The number of hydrogen-bond acceptors (Lipinski definition) is 1. The van der Waals surface area contributed by atoms with E-state index in [4.69, 9.17) is 4.52 Å². The zero-order valence-corrected chi connectivity index (χ0v) is 15.2. The Bertz CT molecular complexity index is 590. The summed E-state index contributed by atoms with van der Waals surface area (Å²) < 4.78 is 6.24. The molecule has 3 aromatic rings. The third-order valence-electron chi connectivity index (χ3n) is 3.85. The van der Waals surface area contributed by atoms with E-state index in [-0.39, 0.29) is 17.0 Å². The van der Waals surface area contributed by atoms with Gasteiger partial charge in [-0.15, -0.1) is 17.0 Å². The predicted molar refractivity (Wildman–Crippen MR) is 104 cm³/mol. The van der Waals surface area contributed by atoms with Crippen molar-refractivity contribution in [3.63, 3.8) is 0 Å². The summed E-state index contributed by atoms with van der Waals surface area (Å²) in [5, 5.41) is 3.81. The van der Waals surface area contributed by atoms with Crippen LogP contribution in [0.3, 0.4) is 0 Å². The minimum atomic E-state index is -2.40. The third-order valence-corrected chi connectivity index (χ3v) is 7.90. The van der Waals surface area contributed by atoms with Gasteiger partial charge in [0.2, 0.25) is 0 Å². The average molecular weight is 375 g/mol. The van der Waals surface area contributed by atoms with Crippen molar-refractivity contribution < 1.29 is 4.52 Å². The van der Waals surface area contributed by atoms with Crippen LogP contribution < -0.4 is 15.9 Å². The Kier molecular flexibility index (Phi) is 5.90. The summed E-state index contributed by atoms with van der Waals surface area (Å²) in [5.41, 5.74) is 0. The number of benzene rings is 3. The molecule has 3 heteroatoms. The van der Waals surface area contributed by atoms with Gasteiger partial charge in [0.15, 0.2) is 0 Å². The molecular weight excluding hydrogens is 355 g/mol. The molecule has 0 saturated carbocycles. The van der Waals surface area contributed by atoms with Crippen LogP contribution >= 0.6 is 24.5 Å². The van der Waals surface area contributed by atoms with Gasteiger partial charge in [-0.2, -0.15) is 0 Å². The van der Waals surface area contributed by atoms with Gasteiger partial charge in [-0.25, -0.2) is 0 Å². The van der Waals surface area contributed by atoms with Crippen molar-refractivity contribution in [1.82, 2.24) is 0 Å². The van der Waals surface area contributed by atoms with Crippen LogP contribution in [0.4, 0.5) is 0 Å². The minimum absolute atomic E-state index is 0. The van der Waals surface area contributed by atoms with Crippen LogP contribution in [0.15, 0.2) is 91.0 Å². The van der Waals surface area contributed by atoms with E-state index in [1.165, 1.54) is 15.9 Å². The van der Waals surface area contributed by atoms with Crippen molar-refractivity contribution >= 4 is 40.4 Å². The Morgan fingerprint density at radius 3 is 1.05 bits per heavy atom. The molecule has 0 amide bonds. The summed E-state index contributed by atoms with van der Waals surface area (Å²) in [6, 6.07) is 31.7. The SMILES string of the molecule is Br.CO[PH](c1ccccc1)(c1ccccc1)c1ccccc1. The first-order valence-corrected chi connectivity index (χ1v) is 9.00. The molecule has 0 saturated heterocycles. The molecule has 3 rings (SSSR count). The van der Waals surface area contributed by atoms with E-state index in [1.807, 2.05) is 25.3 Å². The van der Waals surface area contributed by atoms with Crippen molar-refractivity contribution in [3.8, 4) is 0 Å². The molecular formula is C19H20BrOP. The van der Waals surface area contributed by atoms with Crippen LogP contribution in [0.2, 0.25) is 0 Å². The fourth-order valence-electron chi connectivity index (χ4n) is 2.87. The first-order chi connectivity index (χ1) is 10.4. The summed E-state index contributed by atoms with van der Waals surface area (Å²) in [4.78, 5) is 0. The fraction of sp³-hybridized carbons (Fsp3) is 0.0526. The van der Waals surface area contributed by atoms with Gasteiger partial charge in [-0.3, -0.25) is 0 Å². The van der Waals surface area contributed by atoms with Crippen molar-refractivity contribution in [2.75, 3.05) is 7.11 Å². The average Bonchev–Trinajstić information content (AvgIpc) is 2.59. The zero-order valence-electron chi connectivity index (χ0n) is 12.5. The maximum atomic E-state index is 6.24.